The van der Waals surface area contributed by atoms with Crippen molar-refractivity contribution in [1.82, 2.24) is 0 Å². The van der Waals surface area contributed by atoms with Crippen LogP contribution in [0.25, 0.3) is 0 Å². The van der Waals surface area contributed by atoms with E-state index in [4.69, 9.17) is 18.9 Å². The molecule has 0 saturated heterocycles. The second-order valence-electron chi connectivity index (χ2n) is 6.37. The maximum Gasteiger partial charge on any atom is 0.332 e. The van der Waals surface area contributed by atoms with E-state index in [2.05, 4.69) is 0 Å². The number of hydrogen-bond acceptors (Lipinski definition) is 5. The Kier molecular flexibility index (Phi) is 6.83. The van der Waals surface area contributed by atoms with E-state index < -0.39 is 5.60 Å². The smallest absolute Gasteiger partial charge is 0.332 e. The molecule has 0 N–H and O–H groups in total. The first-order chi connectivity index (χ1) is 11.9. The number of rotatable bonds is 8. The van der Waals surface area contributed by atoms with Crippen LogP contribution in [0.2, 0.25) is 0 Å². The zero-order valence-electron chi connectivity index (χ0n) is 14.9. The molecule has 5 nitrogen and oxygen atoms in total. The van der Waals surface area contributed by atoms with E-state index in [-0.39, 0.29) is 12.6 Å². The van der Waals surface area contributed by atoms with Crippen molar-refractivity contribution in [3.63, 3.8) is 0 Å². The molecule has 134 valence electrons. The summed E-state index contributed by atoms with van der Waals surface area (Å²) in [6.45, 7) is 6.03. The Hall–Kier alpha value is -2.53. The molecule has 0 bridgehead atoms. The number of benzene rings is 2. The molecule has 0 heterocycles. The molecule has 0 aliphatic carbocycles. The Morgan fingerprint density at radius 2 is 1.44 bits per heavy atom. The highest BCUT2D eigenvalue weighted by Crippen LogP contribution is 2.23. The van der Waals surface area contributed by atoms with Crippen LogP contribution < -0.4 is 9.47 Å². The van der Waals surface area contributed by atoms with Crippen molar-refractivity contribution >= 4 is 5.97 Å². The van der Waals surface area contributed by atoms with Crippen molar-refractivity contribution in [2.24, 2.45) is 0 Å². The average molecular weight is 344 g/mol. The normalized spacial score (nSPS) is 11.0. The van der Waals surface area contributed by atoms with Gasteiger partial charge in [-0.25, -0.2) is 4.79 Å². The van der Waals surface area contributed by atoms with Crippen LogP contribution in [-0.2, 0) is 14.3 Å². The van der Waals surface area contributed by atoms with Gasteiger partial charge in [0.25, 0.3) is 0 Å². The van der Waals surface area contributed by atoms with E-state index in [1.807, 2.05) is 75.4 Å². The van der Waals surface area contributed by atoms with Crippen LogP contribution in [0, 0.1) is 0 Å². The molecule has 0 radical (unpaired) electrons. The largest absolute Gasteiger partial charge is 0.491 e. The molecular weight excluding hydrogens is 320 g/mol. The molecule has 0 aromatic heterocycles. The molecule has 2 aromatic carbocycles. The van der Waals surface area contributed by atoms with Crippen LogP contribution in [0.15, 0.2) is 54.6 Å². The third-order valence-electron chi connectivity index (χ3n) is 2.94. The van der Waals surface area contributed by atoms with E-state index in [1.165, 1.54) is 0 Å². The molecule has 0 aliphatic rings. The standard InChI is InChI=1S/C20H24O5/c1-20(2,3)25-19(21)15-22-13-14-23-16-9-11-18(12-10-16)24-17-7-5-4-6-8-17/h4-12H,13-15H2,1-3H3. The summed E-state index contributed by atoms with van der Waals surface area (Å²) in [5.41, 5.74) is -0.499. The summed E-state index contributed by atoms with van der Waals surface area (Å²) in [5, 5.41) is 0. The van der Waals surface area contributed by atoms with Crippen LogP contribution in [-0.4, -0.2) is 31.4 Å². The number of para-hydroxylation sites is 1. The highest BCUT2D eigenvalue weighted by molar-refractivity contribution is 5.71. The van der Waals surface area contributed by atoms with Gasteiger partial charge >= 0.3 is 5.97 Å². The van der Waals surface area contributed by atoms with Crippen LogP contribution in [0.1, 0.15) is 20.8 Å². The lowest BCUT2D eigenvalue weighted by molar-refractivity contribution is -0.160. The molecule has 2 rings (SSSR count). The summed E-state index contributed by atoms with van der Waals surface area (Å²) in [7, 11) is 0. The van der Waals surface area contributed by atoms with Crippen LogP contribution in [0.3, 0.4) is 0 Å². The average Bonchev–Trinajstić information content (AvgIpc) is 2.55. The molecule has 0 atom stereocenters. The minimum absolute atomic E-state index is 0.0789. The predicted octanol–water partition coefficient (Wildman–Crippen LogP) is 4.22. The van der Waals surface area contributed by atoms with Crippen molar-refractivity contribution in [3.8, 4) is 17.2 Å². The Balaban J connectivity index is 1.66. The molecular formula is C20H24O5. The fourth-order valence-corrected chi connectivity index (χ4v) is 1.97. The molecule has 0 fully saturated rings. The first-order valence-electron chi connectivity index (χ1n) is 8.18. The predicted molar refractivity (Wildman–Crippen MR) is 95.1 cm³/mol. The Bertz CT molecular complexity index is 644. The van der Waals surface area contributed by atoms with Crippen molar-refractivity contribution in [2.75, 3.05) is 19.8 Å². The minimum atomic E-state index is -0.499. The van der Waals surface area contributed by atoms with E-state index in [9.17, 15) is 4.79 Å². The van der Waals surface area contributed by atoms with Gasteiger partial charge in [-0.15, -0.1) is 0 Å². The van der Waals surface area contributed by atoms with Gasteiger partial charge in [0.2, 0.25) is 0 Å². The van der Waals surface area contributed by atoms with Gasteiger partial charge < -0.3 is 18.9 Å². The van der Waals surface area contributed by atoms with Gasteiger partial charge in [-0.05, 0) is 57.2 Å². The maximum absolute atomic E-state index is 11.5. The number of carbonyl (C=O) groups excluding carboxylic acids is 1. The lowest BCUT2D eigenvalue weighted by Gasteiger charge is -2.19. The third kappa shape index (κ3) is 7.72. The minimum Gasteiger partial charge on any atom is -0.491 e. The molecule has 25 heavy (non-hydrogen) atoms. The molecule has 2 aromatic rings. The number of esters is 1. The summed E-state index contributed by atoms with van der Waals surface area (Å²) >= 11 is 0. The Morgan fingerprint density at radius 1 is 0.840 bits per heavy atom. The zero-order valence-corrected chi connectivity index (χ0v) is 14.9. The van der Waals surface area contributed by atoms with Crippen LogP contribution >= 0.6 is 0 Å². The summed E-state index contributed by atoms with van der Waals surface area (Å²) < 4.78 is 21.7. The number of ether oxygens (including phenoxy) is 4. The van der Waals surface area contributed by atoms with Crippen molar-refractivity contribution in [3.05, 3.63) is 54.6 Å². The molecule has 0 aliphatic heterocycles. The number of carbonyl (C=O) groups is 1. The van der Waals surface area contributed by atoms with Gasteiger partial charge in [-0.1, -0.05) is 18.2 Å². The highest BCUT2D eigenvalue weighted by atomic mass is 16.6. The molecule has 5 heteroatoms. The van der Waals surface area contributed by atoms with E-state index in [0.717, 1.165) is 11.5 Å². The summed E-state index contributed by atoms with van der Waals surface area (Å²) in [4.78, 5) is 11.5. The Labute approximate surface area is 148 Å². The van der Waals surface area contributed by atoms with Crippen LogP contribution in [0.4, 0.5) is 0 Å². The van der Waals surface area contributed by atoms with Gasteiger partial charge in [0.1, 0.15) is 36.1 Å². The van der Waals surface area contributed by atoms with E-state index in [1.54, 1.807) is 0 Å². The van der Waals surface area contributed by atoms with Gasteiger partial charge in [0, 0.05) is 0 Å². The molecule has 0 spiro atoms. The summed E-state index contributed by atoms with van der Waals surface area (Å²) in [6.07, 6.45) is 0. The third-order valence-corrected chi connectivity index (χ3v) is 2.94. The van der Waals surface area contributed by atoms with Gasteiger partial charge in [-0.2, -0.15) is 0 Å². The van der Waals surface area contributed by atoms with E-state index in [0.29, 0.717) is 19.0 Å². The van der Waals surface area contributed by atoms with Gasteiger partial charge in [0.05, 0.1) is 6.61 Å². The summed E-state index contributed by atoms with van der Waals surface area (Å²) in [5.74, 6) is 1.85. The van der Waals surface area contributed by atoms with Gasteiger partial charge in [-0.3, -0.25) is 0 Å². The quantitative estimate of drug-likeness (QED) is 0.530. The van der Waals surface area contributed by atoms with Gasteiger partial charge in [0.15, 0.2) is 0 Å². The maximum atomic E-state index is 11.5. The number of hydrogen-bond donors (Lipinski definition) is 0. The second-order valence-corrected chi connectivity index (χ2v) is 6.37. The second kappa shape index (κ2) is 9.08. The molecule has 0 saturated carbocycles. The fraction of sp³-hybridized carbons (Fsp3) is 0.350. The highest BCUT2D eigenvalue weighted by Gasteiger charge is 2.15. The lowest BCUT2D eigenvalue weighted by Crippen LogP contribution is -2.27. The molecule has 0 unspecified atom stereocenters. The van der Waals surface area contributed by atoms with E-state index >= 15 is 0 Å². The fourth-order valence-electron chi connectivity index (χ4n) is 1.97. The van der Waals surface area contributed by atoms with Crippen molar-refractivity contribution in [2.45, 2.75) is 26.4 Å². The first-order valence-corrected chi connectivity index (χ1v) is 8.18. The van der Waals surface area contributed by atoms with Crippen LogP contribution in [0.5, 0.6) is 17.2 Å². The zero-order chi connectivity index (χ0) is 18.1. The molecule has 0 amide bonds. The van der Waals surface area contributed by atoms with Crippen molar-refractivity contribution in [1.29, 1.82) is 0 Å². The Morgan fingerprint density at radius 3 is 2.08 bits per heavy atom. The van der Waals surface area contributed by atoms with Crippen molar-refractivity contribution < 1.29 is 23.7 Å². The lowest BCUT2D eigenvalue weighted by atomic mass is 10.2. The first kappa shape index (κ1) is 18.8. The monoisotopic (exact) mass is 344 g/mol. The summed E-state index contributed by atoms with van der Waals surface area (Å²) in [6, 6.07) is 16.9. The topological polar surface area (TPSA) is 54.0 Å². The SMILES string of the molecule is CC(C)(C)OC(=O)COCCOc1ccc(Oc2ccccc2)cc1.